The van der Waals surface area contributed by atoms with Gasteiger partial charge >= 0.3 is 5.69 Å². The highest BCUT2D eigenvalue weighted by atomic mass is 35.5. The van der Waals surface area contributed by atoms with Gasteiger partial charge in [-0.2, -0.15) is 0 Å². The number of sulfone groups is 1. The van der Waals surface area contributed by atoms with Crippen molar-refractivity contribution < 1.29 is 17.6 Å². The highest BCUT2D eigenvalue weighted by molar-refractivity contribution is 7.91. The monoisotopic (exact) mass is 457 g/mol. The van der Waals surface area contributed by atoms with E-state index in [0.29, 0.717) is 0 Å². The van der Waals surface area contributed by atoms with Gasteiger partial charge in [-0.05, 0) is 18.2 Å². The number of amides is 1. The van der Waals surface area contributed by atoms with Crippen LogP contribution in [0.4, 0.5) is 10.1 Å². The molecule has 10 nitrogen and oxygen atoms in total. The lowest BCUT2D eigenvalue weighted by atomic mass is 10.3. The molecular weight excluding hydrogens is 441 g/mol. The van der Waals surface area contributed by atoms with Gasteiger partial charge in [0, 0.05) is 33.3 Å². The summed E-state index contributed by atoms with van der Waals surface area (Å²) in [5.41, 5.74) is -1.27. The Morgan fingerprint density at radius 1 is 1.17 bits per heavy atom. The lowest BCUT2D eigenvalue weighted by molar-refractivity contribution is -0.115. The molecule has 0 radical (unpaired) electrons. The molecule has 1 N–H and O–H groups in total. The zero-order valence-electron chi connectivity index (χ0n) is 16.1. The minimum atomic E-state index is -4.07. The Morgan fingerprint density at radius 2 is 1.83 bits per heavy atom. The Kier molecular flexibility index (Phi) is 5.56. The zero-order chi connectivity index (χ0) is 22.4. The van der Waals surface area contributed by atoms with Crippen LogP contribution in [-0.2, 0) is 35.8 Å². The van der Waals surface area contributed by atoms with E-state index in [4.69, 9.17) is 11.6 Å². The van der Waals surface area contributed by atoms with E-state index in [0.717, 1.165) is 19.8 Å². The first-order valence-corrected chi connectivity index (χ1v) is 10.6. The van der Waals surface area contributed by atoms with Crippen LogP contribution >= 0.6 is 11.6 Å². The highest BCUT2D eigenvalue weighted by Crippen LogP contribution is 2.20. The molecule has 0 atom stereocenters. The van der Waals surface area contributed by atoms with Crippen LogP contribution in [0.2, 0.25) is 5.02 Å². The molecule has 0 aliphatic carbocycles. The molecule has 30 heavy (non-hydrogen) atoms. The minimum absolute atomic E-state index is 0.0482. The fourth-order valence-electron chi connectivity index (χ4n) is 2.95. The largest absolute Gasteiger partial charge is 0.332 e. The molecule has 0 bridgehead atoms. The van der Waals surface area contributed by atoms with Crippen molar-refractivity contribution in [2.24, 2.45) is 21.1 Å². The topological polar surface area (TPSA) is 125 Å². The molecule has 0 fully saturated rings. The van der Waals surface area contributed by atoms with E-state index >= 15 is 0 Å². The average Bonchev–Trinajstić information content (AvgIpc) is 3.04. The summed E-state index contributed by atoms with van der Waals surface area (Å²) in [6.45, 7) is 0. The number of halogens is 2. The Balaban J connectivity index is 1.87. The molecule has 1 aromatic carbocycles. The molecule has 160 valence electrons. The Labute approximate surface area is 174 Å². The molecule has 3 aromatic rings. The second-order valence-electron chi connectivity index (χ2n) is 6.58. The molecular formula is C17H17ClFN5O5S. The molecule has 0 saturated heterocycles. The van der Waals surface area contributed by atoms with Gasteiger partial charge in [-0.1, -0.05) is 11.6 Å². The molecule has 3 rings (SSSR count). The summed E-state index contributed by atoms with van der Waals surface area (Å²) in [5.74, 6) is -1.89. The number of aryl methyl sites for hydroxylation is 2. The van der Waals surface area contributed by atoms with Crippen molar-refractivity contribution in [3.8, 4) is 0 Å². The van der Waals surface area contributed by atoms with E-state index in [2.05, 4.69) is 10.3 Å². The second kappa shape index (κ2) is 7.69. The number of anilines is 1. The van der Waals surface area contributed by atoms with Crippen molar-refractivity contribution in [2.75, 3.05) is 11.1 Å². The van der Waals surface area contributed by atoms with Gasteiger partial charge in [0.1, 0.15) is 5.82 Å². The number of hydrogen-bond donors (Lipinski definition) is 1. The van der Waals surface area contributed by atoms with Crippen LogP contribution in [0.1, 0.15) is 6.42 Å². The summed E-state index contributed by atoms with van der Waals surface area (Å²) in [7, 11) is -0.0548. The lowest BCUT2D eigenvalue weighted by Gasteiger charge is -2.08. The molecule has 13 heteroatoms. The molecule has 0 aliphatic rings. The average molecular weight is 458 g/mol. The van der Waals surface area contributed by atoms with Crippen LogP contribution in [0.25, 0.3) is 11.2 Å². The van der Waals surface area contributed by atoms with Gasteiger partial charge in [-0.15, -0.1) is 0 Å². The highest BCUT2D eigenvalue weighted by Gasteiger charge is 2.26. The van der Waals surface area contributed by atoms with Crippen molar-refractivity contribution >= 4 is 44.2 Å². The van der Waals surface area contributed by atoms with Crippen LogP contribution < -0.4 is 16.6 Å². The fourth-order valence-corrected chi connectivity index (χ4v) is 4.50. The van der Waals surface area contributed by atoms with Crippen LogP contribution in [0.3, 0.4) is 0 Å². The van der Waals surface area contributed by atoms with Crippen LogP contribution in [0, 0.1) is 5.82 Å². The summed E-state index contributed by atoms with van der Waals surface area (Å²) < 4.78 is 41.7. The van der Waals surface area contributed by atoms with E-state index in [1.54, 1.807) is 0 Å². The van der Waals surface area contributed by atoms with E-state index < -0.39 is 50.1 Å². The fraction of sp³-hybridized carbons (Fsp3) is 0.294. The summed E-state index contributed by atoms with van der Waals surface area (Å²) in [5, 5.41) is 1.80. The van der Waals surface area contributed by atoms with Gasteiger partial charge in [0.05, 0.1) is 10.8 Å². The van der Waals surface area contributed by atoms with Crippen LogP contribution in [0.15, 0.2) is 32.9 Å². The number of nitrogens with zero attached hydrogens (tertiary/aromatic N) is 4. The molecule has 2 heterocycles. The first-order chi connectivity index (χ1) is 13.9. The van der Waals surface area contributed by atoms with Gasteiger partial charge < -0.3 is 9.88 Å². The maximum absolute atomic E-state index is 13.2. The molecule has 0 unspecified atom stereocenters. The molecule has 0 saturated carbocycles. The van der Waals surface area contributed by atoms with Crippen molar-refractivity contribution in [3.63, 3.8) is 0 Å². The molecule has 0 spiro atoms. The smallest absolute Gasteiger partial charge is 0.326 e. The third-order valence-corrected chi connectivity index (χ3v) is 6.45. The first kappa shape index (κ1) is 21.7. The quantitative estimate of drug-likeness (QED) is 0.597. The number of imidazole rings is 1. The normalized spacial score (nSPS) is 11.8. The Morgan fingerprint density at radius 3 is 2.47 bits per heavy atom. The molecule has 0 aliphatic heterocycles. The number of aromatic nitrogens is 4. The second-order valence-corrected chi connectivity index (χ2v) is 8.99. The summed E-state index contributed by atoms with van der Waals surface area (Å²) in [6.07, 6.45) is -0.419. The van der Waals surface area contributed by atoms with Crippen molar-refractivity contribution in [2.45, 2.75) is 11.6 Å². The van der Waals surface area contributed by atoms with Gasteiger partial charge in [-0.3, -0.25) is 18.7 Å². The van der Waals surface area contributed by atoms with Crippen molar-refractivity contribution in [1.29, 1.82) is 0 Å². The first-order valence-electron chi connectivity index (χ1n) is 8.54. The van der Waals surface area contributed by atoms with Crippen LogP contribution in [0.5, 0.6) is 0 Å². The molecule has 1 amide bonds. The number of rotatable bonds is 5. The van der Waals surface area contributed by atoms with Crippen molar-refractivity contribution in [1.82, 2.24) is 18.7 Å². The predicted molar refractivity (Wildman–Crippen MR) is 108 cm³/mol. The number of benzene rings is 1. The Hall–Kier alpha value is -2.99. The molecule has 2 aromatic heterocycles. The lowest BCUT2D eigenvalue weighted by Crippen LogP contribution is -2.37. The van der Waals surface area contributed by atoms with Crippen LogP contribution in [-0.4, -0.2) is 38.8 Å². The number of fused-ring (bicyclic) bond motifs is 1. The standard InChI is InChI=1S/C17H17ClFN5O5S/c1-22-14-13(15(26)24(3)17(27)23(14)2)21-16(22)30(28,29)7-6-12(25)20-9-4-5-11(19)10(18)8-9/h4-5,8H,6-7H2,1-3H3,(H,20,25). The summed E-state index contributed by atoms with van der Waals surface area (Å²) in [4.78, 5) is 40.4. The predicted octanol–water partition coefficient (Wildman–Crippen LogP) is 0.566. The van der Waals surface area contributed by atoms with E-state index in [-0.39, 0.29) is 21.9 Å². The summed E-state index contributed by atoms with van der Waals surface area (Å²) in [6, 6.07) is 3.55. The number of carbonyl (C=O) groups is 1. The Bertz CT molecular complexity index is 1410. The van der Waals surface area contributed by atoms with Gasteiger partial charge in [0.2, 0.25) is 20.9 Å². The van der Waals surface area contributed by atoms with E-state index in [1.807, 2.05) is 0 Å². The third kappa shape index (κ3) is 3.75. The van der Waals surface area contributed by atoms with E-state index in [1.165, 1.54) is 33.3 Å². The van der Waals surface area contributed by atoms with Gasteiger partial charge in [-0.25, -0.2) is 22.6 Å². The summed E-state index contributed by atoms with van der Waals surface area (Å²) >= 11 is 5.65. The maximum Gasteiger partial charge on any atom is 0.332 e. The number of nitrogens with one attached hydrogen (secondary N) is 1. The maximum atomic E-state index is 13.2. The number of hydrogen-bond acceptors (Lipinski definition) is 6. The van der Waals surface area contributed by atoms with Crippen molar-refractivity contribution in [3.05, 3.63) is 49.9 Å². The van der Waals surface area contributed by atoms with Gasteiger partial charge in [0.25, 0.3) is 5.56 Å². The van der Waals surface area contributed by atoms with E-state index in [9.17, 15) is 27.2 Å². The minimum Gasteiger partial charge on any atom is -0.326 e. The SMILES string of the molecule is Cn1c(=O)c2nc(S(=O)(=O)CCC(=O)Nc3ccc(F)c(Cl)c3)n(C)c2n(C)c1=O. The third-order valence-electron chi connectivity index (χ3n) is 4.50. The van der Waals surface area contributed by atoms with Gasteiger partial charge in [0.15, 0.2) is 11.2 Å². The zero-order valence-corrected chi connectivity index (χ0v) is 17.7. The number of carbonyl (C=O) groups excluding carboxylic acids is 1.